The predicted octanol–water partition coefficient (Wildman–Crippen LogP) is 2.74. The first kappa shape index (κ1) is 17.3. The number of carbonyl (C=O) groups excluding carboxylic acids is 2. The van der Waals surface area contributed by atoms with Crippen molar-refractivity contribution in [3.8, 4) is 5.75 Å². The van der Waals surface area contributed by atoms with Gasteiger partial charge in [-0.1, -0.05) is 19.8 Å². The van der Waals surface area contributed by atoms with Crippen LogP contribution in [-0.4, -0.2) is 35.9 Å². The Morgan fingerprint density at radius 2 is 1.96 bits per heavy atom. The fourth-order valence-electron chi connectivity index (χ4n) is 2.87. The molecule has 0 aliphatic carbocycles. The molecule has 1 aromatic carbocycles. The molecule has 1 heterocycles. The van der Waals surface area contributed by atoms with Crippen LogP contribution in [0.15, 0.2) is 24.3 Å². The maximum absolute atomic E-state index is 12.6. The van der Waals surface area contributed by atoms with E-state index in [-0.39, 0.29) is 5.91 Å². The number of carbonyl (C=O) groups is 2. The molecule has 0 radical (unpaired) electrons. The summed E-state index contributed by atoms with van der Waals surface area (Å²) in [5.41, 5.74) is 5.99. The van der Waals surface area contributed by atoms with Crippen molar-refractivity contribution in [2.75, 3.05) is 13.2 Å². The van der Waals surface area contributed by atoms with Crippen molar-refractivity contribution < 1.29 is 14.3 Å². The van der Waals surface area contributed by atoms with Crippen LogP contribution >= 0.6 is 0 Å². The summed E-state index contributed by atoms with van der Waals surface area (Å²) in [6.45, 7) is 3.43. The maximum atomic E-state index is 12.6. The standard InChI is InChI=1S/C18H26N2O3/c1-2-3-6-13-23-15-10-8-14(9-11-15)18(22)20-12-5-4-7-16(20)17(19)21/h8-11,16H,2-7,12-13H2,1H3,(H2,19,21). The SMILES string of the molecule is CCCCCOc1ccc(C(=O)N2CCCCC2C(N)=O)cc1. The van der Waals surface area contributed by atoms with Crippen molar-refractivity contribution in [2.24, 2.45) is 5.73 Å². The Hall–Kier alpha value is -2.04. The summed E-state index contributed by atoms with van der Waals surface area (Å²) >= 11 is 0. The lowest BCUT2D eigenvalue weighted by molar-refractivity contribution is -0.123. The number of hydrogen-bond donors (Lipinski definition) is 1. The lowest BCUT2D eigenvalue weighted by Crippen LogP contribution is -2.50. The number of piperidine rings is 1. The number of primary amides is 1. The van der Waals surface area contributed by atoms with Crippen molar-refractivity contribution in [1.82, 2.24) is 4.90 Å². The van der Waals surface area contributed by atoms with E-state index in [9.17, 15) is 9.59 Å². The lowest BCUT2D eigenvalue weighted by Gasteiger charge is -2.33. The molecule has 5 heteroatoms. The van der Waals surface area contributed by atoms with Gasteiger partial charge in [-0.25, -0.2) is 0 Å². The predicted molar refractivity (Wildman–Crippen MR) is 89.3 cm³/mol. The zero-order chi connectivity index (χ0) is 16.7. The van der Waals surface area contributed by atoms with Crippen LogP contribution in [0.3, 0.4) is 0 Å². The van der Waals surface area contributed by atoms with Crippen molar-refractivity contribution in [3.05, 3.63) is 29.8 Å². The average molecular weight is 318 g/mol. The van der Waals surface area contributed by atoms with Crippen molar-refractivity contribution in [1.29, 1.82) is 0 Å². The molecule has 126 valence electrons. The van der Waals surface area contributed by atoms with Crippen LogP contribution in [-0.2, 0) is 4.79 Å². The van der Waals surface area contributed by atoms with Gasteiger partial charge in [0.05, 0.1) is 6.61 Å². The van der Waals surface area contributed by atoms with Gasteiger partial charge in [-0.2, -0.15) is 0 Å². The van der Waals surface area contributed by atoms with Crippen LogP contribution in [0.5, 0.6) is 5.75 Å². The molecule has 1 unspecified atom stereocenters. The van der Waals surface area contributed by atoms with E-state index in [0.29, 0.717) is 25.1 Å². The van der Waals surface area contributed by atoms with Gasteiger partial charge in [-0.05, 0) is 49.9 Å². The number of nitrogens with two attached hydrogens (primary N) is 1. The van der Waals surface area contributed by atoms with Gasteiger partial charge in [0.1, 0.15) is 11.8 Å². The number of nitrogens with zero attached hydrogens (tertiary/aromatic N) is 1. The van der Waals surface area contributed by atoms with Gasteiger partial charge in [0.2, 0.25) is 5.91 Å². The van der Waals surface area contributed by atoms with Crippen LogP contribution in [0.4, 0.5) is 0 Å². The number of ether oxygens (including phenoxy) is 1. The first-order valence-electron chi connectivity index (χ1n) is 8.46. The van der Waals surface area contributed by atoms with Crippen molar-refractivity contribution >= 4 is 11.8 Å². The van der Waals surface area contributed by atoms with E-state index >= 15 is 0 Å². The monoisotopic (exact) mass is 318 g/mol. The van der Waals surface area contributed by atoms with E-state index in [1.807, 2.05) is 12.1 Å². The Balaban J connectivity index is 1.97. The molecular formula is C18H26N2O3. The van der Waals surface area contributed by atoms with Gasteiger partial charge in [0.15, 0.2) is 0 Å². The second-order valence-corrected chi connectivity index (χ2v) is 5.99. The Labute approximate surface area is 137 Å². The fraction of sp³-hybridized carbons (Fsp3) is 0.556. The Morgan fingerprint density at radius 3 is 2.61 bits per heavy atom. The van der Waals surface area contributed by atoms with E-state index < -0.39 is 11.9 Å². The highest BCUT2D eigenvalue weighted by atomic mass is 16.5. The Bertz CT molecular complexity index is 528. The Kier molecular flexibility index (Phi) is 6.44. The highest BCUT2D eigenvalue weighted by Crippen LogP contribution is 2.21. The lowest BCUT2D eigenvalue weighted by atomic mass is 10.0. The summed E-state index contributed by atoms with van der Waals surface area (Å²) in [6.07, 6.45) is 5.84. The fourth-order valence-corrected chi connectivity index (χ4v) is 2.87. The van der Waals surface area contributed by atoms with Gasteiger partial charge >= 0.3 is 0 Å². The molecule has 5 nitrogen and oxygen atoms in total. The minimum atomic E-state index is -0.485. The molecule has 0 aromatic heterocycles. The van der Waals surface area contributed by atoms with Gasteiger partial charge in [0.25, 0.3) is 5.91 Å². The van der Waals surface area contributed by atoms with Gasteiger partial charge in [-0.15, -0.1) is 0 Å². The topological polar surface area (TPSA) is 72.6 Å². The van der Waals surface area contributed by atoms with Crippen LogP contribution in [0, 0.1) is 0 Å². The normalized spacial score (nSPS) is 17.8. The molecule has 2 rings (SSSR count). The number of hydrogen-bond acceptors (Lipinski definition) is 3. The van der Waals surface area contributed by atoms with Crippen LogP contribution in [0.1, 0.15) is 55.8 Å². The molecule has 1 aromatic rings. The number of benzene rings is 1. The molecule has 2 amide bonds. The summed E-state index contributed by atoms with van der Waals surface area (Å²) in [5, 5.41) is 0. The quantitative estimate of drug-likeness (QED) is 0.786. The molecule has 23 heavy (non-hydrogen) atoms. The molecule has 2 N–H and O–H groups in total. The highest BCUT2D eigenvalue weighted by molar-refractivity contribution is 5.97. The van der Waals surface area contributed by atoms with E-state index in [1.54, 1.807) is 17.0 Å². The summed E-state index contributed by atoms with van der Waals surface area (Å²) in [6, 6.07) is 6.64. The van der Waals surface area contributed by atoms with E-state index in [1.165, 1.54) is 0 Å². The first-order chi connectivity index (χ1) is 11.1. The van der Waals surface area contributed by atoms with Gasteiger partial charge < -0.3 is 15.4 Å². The van der Waals surface area contributed by atoms with Crippen LogP contribution in [0.2, 0.25) is 0 Å². The molecule has 0 saturated carbocycles. The third kappa shape index (κ3) is 4.71. The minimum Gasteiger partial charge on any atom is -0.494 e. The molecule has 0 spiro atoms. The molecular weight excluding hydrogens is 292 g/mol. The molecule has 1 atom stereocenters. The number of unbranched alkanes of at least 4 members (excludes halogenated alkanes) is 2. The smallest absolute Gasteiger partial charge is 0.254 e. The molecule has 1 aliphatic heterocycles. The average Bonchev–Trinajstić information content (AvgIpc) is 2.58. The van der Waals surface area contributed by atoms with Crippen molar-refractivity contribution in [3.63, 3.8) is 0 Å². The second-order valence-electron chi connectivity index (χ2n) is 5.99. The summed E-state index contributed by atoms with van der Waals surface area (Å²) in [4.78, 5) is 25.7. The summed E-state index contributed by atoms with van der Waals surface area (Å²) < 4.78 is 5.65. The maximum Gasteiger partial charge on any atom is 0.254 e. The van der Waals surface area contributed by atoms with Crippen LogP contribution < -0.4 is 10.5 Å². The molecule has 1 fully saturated rings. The molecule has 1 aliphatic rings. The molecule has 0 bridgehead atoms. The van der Waals surface area contributed by atoms with Crippen LogP contribution in [0.25, 0.3) is 0 Å². The number of rotatable bonds is 7. The number of likely N-dealkylation sites (tertiary alicyclic amines) is 1. The number of amides is 2. The van der Waals surface area contributed by atoms with Gasteiger partial charge in [0, 0.05) is 12.1 Å². The Morgan fingerprint density at radius 1 is 1.22 bits per heavy atom. The minimum absolute atomic E-state index is 0.133. The van der Waals surface area contributed by atoms with Gasteiger partial charge in [-0.3, -0.25) is 9.59 Å². The third-order valence-electron chi connectivity index (χ3n) is 4.21. The highest BCUT2D eigenvalue weighted by Gasteiger charge is 2.31. The van der Waals surface area contributed by atoms with E-state index in [4.69, 9.17) is 10.5 Å². The zero-order valence-corrected chi connectivity index (χ0v) is 13.8. The van der Waals surface area contributed by atoms with E-state index in [0.717, 1.165) is 37.9 Å². The summed E-state index contributed by atoms with van der Waals surface area (Å²) in [5.74, 6) is 0.211. The second kappa shape index (κ2) is 8.56. The molecule has 1 saturated heterocycles. The van der Waals surface area contributed by atoms with Crippen molar-refractivity contribution in [2.45, 2.75) is 51.5 Å². The zero-order valence-electron chi connectivity index (χ0n) is 13.8. The largest absolute Gasteiger partial charge is 0.494 e. The summed E-state index contributed by atoms with van der Waals surface area (Å²) in [7, 11) is 0. The van der Waals surface area contributed by atoms with E-state index in [2.05, 4.69) is 6.92 Å². The first-order valence-corrected chi connectivity index (χ1v) is 8.46. The third-order valence-corrected chi connectivity index (χ3v) is 4.21.